The van der Waals surface area contributed by atoms with E-state index < -0.39 is 0 Å². The molecule has 0 bridgehead atoms. The molecule has 1 atom stereocenters. The summed E-state index contributed by atoms with van der Waals surface area (Å²) < 4.78 is 0. The third kappa shape index (κ3) is 2.51. The molecule has 78 valence electrons. The van der Waals surface area contributed by atoms with E-state index in [4.69, 9.17) is 34.7 Å². The SMILES string of the molecule is NCC[C@H](N)c1cc(Cl)c(O)c(Cl)c1. The Kier molecular flexibility index (Phi) is 4.01. The maximum Gasteiger partial charge on any atom is 0.152 e. The second-order valence-corrected chi connectivity index (χ2v) is 3.83. The van der Waals surface area contributed by atoms with E-state index in [0.717, 1.165) is 5.56 Å². The predicted octanol–water partition coefficient (Wildman–Crippen LogP) is 2.05. The average molecular weight is 235 g/mol. The van der Waals surface area contributed by atoms with Crippen molar-refractivity contribution in [1.29, 1.82) is 0 Å². The minimum absolute atomic E-state index is 0.114. The van der Waals surface area contributed by atoms with E-state index in [9.17, 15) is 5.11 Å². The first-order chi connectivity index (χ1) is 6.56. The molecule has 0 saturated heterocycles. The van der Waals surface area contributed by atoms with E-state index in [2.05, 4.69) is 0 Å². The molecule has 0 aliphatic rings. The van der Waals surface area contributed by atoms with Crippen molar-refractivity contribution >= 4 is 23.2 Å². The summed E-state index contributed by atoms with van der Waals surface area (Å²) in [4.78, 5) is 0. The lowest BCUT2D eigenvalue weighted by molar-refractivity contribution is 0.475. The average Bonchev–Trinajstić information content (AvgIpc) is 2.13. The van der Waals surface area contributed by atoms with Crippen LogP contribution in [0.5, 0.6) is 5.75 Å². The summed E-state index contributed by atoms with van der Waals surface area (Å²) in [5, 5.41) is 9.73. The normalized spacial score (nSPS) is 12.9. The smallest absolute Gasteiger partial charge is 0.152 e. The molecule has 0 aromatic heterocycles. The zero-order chi connectivity index (χ0) is 10.7. The van der Waals surface area contributed by atoms with Crippen LogP contribution in [0.3, 0.4) is 0 Å². The minimum Gasteiger partial charge on any atom is -0.505 e. The summed E-state index contributed by atoms with van der Waals surface area (Å²) in [6.45, 7) is 0.497. The first-order valence-corrected chi connectivity index (χ1v) is 4.95. The van der Waals surface area contributed by atoms with Gasteiger partial charge in [0.15, 0.2) is 5.75 Å². The fourth-order valence-corrected chi connectivity index (χ4v) is 1.65. The van der Waals surface area contributed by atoms with E-state index in [1.807, 2.05) is 0 Å². The van der Waals surface area contributed by atoms with Crippen molar-refractivity contribution in [3.05, 3.63) is 27.7 Å². The second kappa shape index (κ2) is 4.84. The van der Waals surface area contributed by atoms with Gasteiger partial charge in [-0.05, 0) is 30.7 Å². The Hall–Kier alpha value is -0.480. The van der Waals surface area contributed by atoms with Gasteiger partial charge in [-0.3, -0.25) is 0 Å². The molecule has 5 N–H and O–H groups in total. The molecule has 5 heteroatoms. The van der Waals surface area contributed by atoms with Crippen molar-refractivity contribution in [2.45, 2.75) is 12.5 Å². The lowest BCUT2D eigenvalue weighted by atomic mass is 10.0. The first-order valence-electron chi connectivity index (χ1n) is 4.19. The van der Waals surface area contributed by atoms with Crippen molar-refractivity contribution < 1.29 is 5.11 Å². The molecule has 0 spiro atoms. The van der Waals surface area contributed by atoms with E-state index in [0.29, 0.717) is 13.0 Å². The molecule has 0 fully saturated rings. The number of rotatable bonds is 3. The molecule has 0 unspecified atom stereocenters. The summed E-state index contributed by atoms with van der Waals surface area (Å²) >= 11 is 11.5. The van der Waals surface area contributed by atoms with Crippen molar-refractivity contribution in [1.82, 2.24) is 0 Å². The number of nitrogens with two attached hydrogens (primary N) is 2. The molecule has 0 saturated carbocycles. The number of benzene rings is 1. The Bertz CT molecular complexity index is 308. The molecule has 0 aliphatic carbocycles. The molecule has 3 nitrogen and oxygen atoms in total. The van der Waals surface area contributed by atoms with Crippen LogP contribution in [-0.4, -0.2) is 11.7 Å². The molecule has 1 aromatic carbocycles. The van der Waals surface area contributed by atoms with Crippen LogP contribution in [0.2, 0.25) is 10.0 Å². The lowest BCUT2D eigenvalue weighted by Crippen LogP contribution is -2.15. The van der Waals surface area contributed by atoms with Gasteiger partial charge in [0.05, 0.1) is 10.0 Å². The highest BCUT2D eigenvalue weighted by Gasteiger charge is 2.11. The highest BCUT2D eigenvalue weighted by molar-refractivity contribution is 6.37. The van der Waals surface area contributed by atoms with Crippen LogP contribution in [0.15, 0.2) is 12.1 Å². The Balaban J connectivity index is 3.00. The van der Waals surface area contributed by atoms with Crippen molar-refractivity contribution in [3.8, 4) is 5.75 Å². The summed E-state index contributed by atoms with van der Waals surface area (Å²) in [6.07, 6.45) is 0.650. The number of phenolic OH excluding ortho intramolecular Hbond substituents is 1. The van der Waals surface area contributed by atoms with E-state index in [-0.39, 0.29) is 21.8 Å². The topological polar surface area (TPSA) is 72.3 Å². The van der Waals surface area contributed by atoms with Gasteiger partial charge in [0, 0.05) is 6.04 Å². The molecular formula is C9H12Cl2N2O. The second-order valence-electron chi connectivity index (χ2n) is 3.02. The third-order valence-corrected chi connectivity index (χ3v) is 2.52. The van der Waals surface area contributed by atoms with Gasteiger partial charge in [-0.1, -0.05) is 23.2 Å². The molecule has 0 heterocycles. The van der Waals surface area contributed by atoms with E-state index >= 15 is 0 Å². The third-order valence-electron chi connectivity index (χ3n) is 1.95. The van der Waals surface area contributed by atoms with Crippen LogP contribution >= 0.6 is 23.2 Å². The number of aromatic hydroxyl groups is 1. The fraction of sp³-hybridized carbons (Fsp3) is 0.333. The first kappa shape index (κ1) is 11.6. The van der Waals surface area contributed by atoms with Gasteiger partial charge in [-0.2, -0.15) is 0 Å². The monoisotopic (exact) mass is 234 g/mol. The van der Waals surface area contributed by atoms with Crippen LogP contribution in [0.25, 0.3) is 0 Å². The largest absolute Gasteiger partial charge is 0.505 e. The van der Waals surface area contributed by atoms with E-state index in [1.165, 1.54) is 0 Å². The summed E-state index contributed by atoms with van der Waals surface area (Å²) in [7, 11) is 0. The number of hydrogen-bond acceptors (Lipinski definition) is 3. The molecule has 0 aliphatic heterocycles. The molecule has 0 radical (unpaired) electrons. The maximum atomic E-state index is 9.31. The van der Waals surface area contributed by atoms with Crippen LogP contribution in [0.1, 0.15) is 18.0 Å². The van der Waals surface area contributed by atoms with Crippen molar-refractivity contribution in [2.75, 3.05) is 6.54 Å². The molecule has 1 rings (SSSR count). The maximum absolute atomic E-state index is 9.31. The molecular weight excluding hydrogens is 223 g/mol. The van der Waals surface area contributed by atoms with Gasteiger partial charge in [-0.25, -0.2) is 0 Å². The van der Waals surface area contributed by atoms with Gasteiger partial charge in [0.2, 0.25) is 0 Å². The van der Waals surface area contributed by atoms with Gasteiger partial charge >= 0.3 is 0 Å². The number of halogens is 2. The minimum atomic E-state index is -0.199. The van der Waals surface area contributed by atoms with Gasteiger partial charge < -0.3 is 16.6 Å². The van der Waals surface area contributed by atoms with Crippen LogP contribution < -0.4 is 11.5 Å². The summed E-state index contributed by atoms with van der Waals surface area (Å²) in [5.74, 6) is -0.114. The quantitative estimate of drug-likeness (QED) is 0.750. The standard InChI is InChI=1S/C9H12Cl2N2O/c10-6-3-5(8(13)1-2-12)4-7(11)9(6)14/h3-4,8,14H,1-2,12-13H2/t8-/m0/s1. The highest BCUT2D eigenvalue weighted by atomic mass is 35.5. The Morgan fingerprint density at radius 2 is 1.79 bits per heavy atom. The van der Waals surface area contributed by atoms with Crippen LogP contribution in [-0.2, 0) is 0 Å². The molecule has 1 aromatic rings. The van der Waals surface area contributed by atoms with Crippen molar-refractivity contribution in [3.63, 3.8) is 0 Å². The van der Waals surface area contributed by atoms with Gasteiger partial charge in [0.25, 0.3) is 0 Å². The van der Waals surface area contributed by atoms with Crippen LogP contribution in [0, 0.1) is 0 Å². The zero-order valence-electron chi connectivity index (χ0n) is 7.50. The number of hydrogen-bond donors (Lipinski definition) is 3. The Morgan fingerprint density at radius 3 is 2.21 bits per heavy atom. The van der Waals surface area contributed by atoms with Gasteiger partial charge in [0.1, 0.15) is 0 Å². The van der Waals surface area contributed by atoms with Gasteiger partial charge in [-0.15, -0.1) is 0 Å². The molecule has 0 amide bonds. The molecule has 14 heavy (non-hydrogen) atoms. The Labute approximate surface area is 92.6 Å². The lowest BCUT2D eigenvalue weighted by Gasteiger charge is -2.12. The number of phenols is 1. The highest BCUT2D eigenvalue weighted by Crippen LogP contribution is 2.34. The fourth-order valence-electron chi connectivity index (χ4n) is 1.15. The summed E-state index contributed by atoms with van der Waals surface area (Å²) in [5.41, 5.74) is 12.0. The Morgan fingerprint density at radius 1 is 1.29 bits per heavy atom. The van der Waals surface area contributed by atoms with E-state index in [1.54, 1.807) is 12.1 Å². The van der Waals surface area contributed by atoms with Crippen LogP contribution in [0.4, 0.5) is 0 Å². The van der Waals surface area contributed by atoms with Crippen molar-refractivity contribution in [2.24, 2.45) is 11.5 Å². The zero-order valence-corrected chi connectivity index (χ0v) is 9.02. The predicted molar refractivity (Wildman–Crippen MR) is 58.7 cm³/mol. The summed E-state index contributed by atoms with van der Waals surface area (Å²) in [6, 6.07) is 3.00.